The molecule has 2 fully saturated rings. The Kier molecular flexibility index (Phi) is 10.9. The number of alkyl carbamates (subject to hydrolysis) is 1. The molecule has 2 aromatic heterocycles. The third-order valence-corrected chi connectivity index (χ3v) is 11.4. The highest BCUT2D eigenvalue weighted by Gasteiger charge is 2.61. The van der Waals surface area contributed by atoms with Crippen LogP contribution < -0.4 is 16.0 Å². The first-order valence-electron chi connectivity index (χ1n) is 13.6. The quantitative estimate of drug-likeness (QED) is 0.102. The summed E-state index contributed by atoms with van der Waals surface area (Å²) in [7, 11) is 0. The first kappa shape index (κ1) is 34.4. The number of carboxylic acids is 1. The van der Waals surface area contributed by atoms with Crippen molar-refractivity contribution in [2.75, 3.05) is 18.4 Å². The van der Waals surface area contributed by atoms with Crippen LogP contribution in [-0.4, -0.2) is 107 Å². The number of thioether (sulfide) groups is 2. The molecule has 0 bridgehead atoms. The second-order valence-electron chi connectivity index (χ2n) is 10.8. The number of hydrogen-bond donors (Lipinski definition) is 4. The molecule has 0 aliphatic carbocycles. The normalized spacial score (nSPS) is 23.7. The standard InChI is InChI=1S/C25H32N8O8S4/c1-6-13(7-26-22(39)40-24(3,4)5)41-32-15(14-8-42-21(29-14)27-10-34)17(35)30-16-18(36)33-9-25(20(37)38,12(2)44-19(16)33)45-23-31-28-11-43-23/h8,10-13,16,19H,6-7,9H2,1-5H3,(H,26,39)(H,30,35)(H,37,38)(H,27,29,34)/t12?,13?,16?,19-,25?/m1/s1. The van der Waals surface area contributed by atoms with Crippen LogP contribution in [0.5, 0.6) is 0 Å². The van der Waals surface area contributed by atoms with E-state index in [2.05, 4.69) is 36.3 Å². The van der Waals surface area contributed by atoms with Crippen LogP contribution in [0.3, 0.4) is 0 Å². The van der Waals surface area contributed by atoms with Crippen molar-refractivity contribution < 1.29 is 38.7 Å². The van der Waals surface area contributed by atoms with Gasteiger partial charge in [0.25, 0.3) is 5.91 Å². The second-order valence-corrected chi connectivity index (χ2v) is 15.6. The van der Waals surface area contributed by atoms with E-state index in [4.69, 9.17) is 9.57 Å². The van der Waals surface area contributed by atoms with Crippen molar-refractivity contribution in [2.45, 2.75) is 78.5 Å². The van der Waals surface area contributed by atoms with E-state index < -0.39 is 57.0 Å². The van der Waals surface area contributed by atoms with Crippen LogP contribution in [0.15, 0.2) is 20.4 Å². The Labute approximate surface area is 274 Å². The Bertz CT molecular complexity index is 1450. The second kappa shape index (κ2) is 14.3. The van der Waals surface area contributed by atoms with Gasteiger partial charge in [0.15, 0.2) is 15.2 Å². The predicted molar refractivity (Wildman–Crippen MR) is 168 cm³/mol. The molecule has 16 nitrogen and oxygen atoms in total. The largest absolute Gasteiger partial charge is 0.480 e. The van der Waals surface area contributed by atoms with E-state index in [1.54, 1.807) is 34.6 Å². The number of carbonyl (C=O) groups excluding carboxylic acids is 4. The van der Waals surface area contributed by atoms with Gasteiger partial charge in [0.2, 0.25) is 12.3 Å². The maximum Gasteiger partial charge on any atom is 0.407 e. The number of hydrogen-bond acceptors (Lipinski definition) is 15. The van der Waals surface area contributed by atoms with Crippen molar-refractivity contribution in [3.8, 4) is 0 Å². The van der Waals surface area contributed by atoms with E-state index in [9.17, 15) is 29.1 Å². The molecule has 0 saturated carbocycles. The van der Waals surface area contributed by atoms with Gasteiger partial charge >= 0.3 is 12.1 Å². The van der Waals surface area contributed by atoms with Crippen molar-refractivity contribution in [3.63, 3.8) is 0 Å². The topological polar surface area (TPSA) is 214 Å². The highest BCUT2D eigenvalue weighted by molar-refractivity contribution is 8.06. The summed E-state index contributed by atoms with van der Waals surface area (Å²) in [5, 5.41) is 30.4. The number of carbonyl (C=O) groups is 5. The van der Waals surface area contributed by atoms with Gasteiger partial charge in [0, 0.05) is 17.2 Å². The summed E-state index contributed by atoms with van der Waals surface area (Å²) in [4.78, 5) is 73.5. The van der Waals surface area contributed by atoms with Crippen LogP contribution in [0, 0.1) is 0 Å². The third-order valence-electron chi connectivity index (χ3n) is 6.57. The number of nitrogens with one attached hydrogen (secondary N) is 3. The number of aromatic nitrogens is 3. The Morgan fingerprint density at radius 3 is 2.71 bits per heavy atom. The molecular formula is C25H32N8O8S4. The maximum atomic E-state index is 13.6. The molecule has 2 aliphatic rings. The average molecular weight is 701 g/mol. The number of ether oxygens (including phenoxy) is 1. The van der Waals surface area contributed by atoms with Crippen molar-refractivity contribution in [1.82, 2.24) is 30.7 Å². The molecule has 45 heavy (non-hydrogen) atoms. The van der Waals surface area contributed by atoms with Crippen molar-refractivity contribution in [3.05, 3.63) is 16.6 Å². The maximum absolute atomic E-state index is 13.6. The van der Waals surface area contributed by atoms with Crippen LogP contribution in [0.1, 0.15) is 46.7 Å². The summed E-state index contributed by atoms with van der Waals surface area (Å²) in [6.07, 6.45) is -0.432. The fraction of sp³-hybridized carbons (Fsp3) is 0.560. The van der Waals surface area contributed by atoms with Crippen LogP contribution >= 0.6 is 46.2 Å². The summed E-state index contributed by atoms with van der Waals surface area (Å²) < 4.78 is 4.35. The molecule has 20 heteroatoms. The molecule has 4 unspecified atom stereocenters. The number of anilines is 1. The zero-order valence-corrected chi connectivity index (χ0v) is 28.1. The van der Waals surface area contributed by atoms with Gasteiger partial charge in [-0.3, -0.25) is 19.2 Å². The molecule has 2 aliphatic heterocycles. The Morgan fingerprint density at radius 1 is 1.33 bits per heavy atom. The number of β-lactam (4-membered cyclic amide) rings is 1. The fourth-order valence-electron chi connectivity index (χ4n) is 4.25. The van der Waals surface area contributed by atoms with E-state index in [1.165, 1.54) is 38.9 Å². The van der Waals surface area contributed by atoms with Crippen molar-refractivity contribution in [1.29, 1.82) is 0 Å². The smallest absolute Gasteiger partial charge is 0.407 e. The van der Waals surface area contributed by atoms with Crippen LogP contribution in [-0.2, 0) is 28.8 Å². The van der Waals surface area contributed by atoms with Gasteiger partial charge in [-0.25, -0.2) is 9.78 Å². The predicted octanol–water partition coefficient (Wildman–Crippen LogP) is 1.99. The minimum atomic E-state index is -1.36. The molecule has 4 rings (SSSR count). The molecule has 5 atom stereocenters. The van der Waals surface area contributed by atoms with Crippen LogP contribution in [0.4, 0.5) is 9.93 Å². The Balaban J connectivity index is 1.48. The lowest BCUT2D eigenvalue weighted by Crippen LogP contribution is -2.76. The number of carboxylic acid groups (broad SMARTS) is 1. The summed E-state index contributed by atoms with van der Waals surface area (Å²) in [5.74, 6) is -2.30. The summed E-state index contributed by atoms with van der Waals surface area (Å²) in [6, 6.07) is -0.963. The number of oxime groups is 1. The van der Waals surface area contributed by atoms with E-state index in [0.29, 0.717) is 17.2 Å². The SMILES string of the molecule is CCC(CNC(=O)OC(C)(C)C)ON=C(C(=O)NC1C(=O)N2CC(Sc3nncs3)(C(=O)O)C(C)S[C@H]12)c1csc(NC=O)n1. The molecule has 2 saturated heterocycles. The van der Waals surface area contributed by atoms with Gasteiger partial charge in [-0.2, -0.15) is 0 Å². The fourth-order valence-corrected chi connectivity index (χ4v) is 8.60. The van der Waals surface area contributed by atoms with E-state index in [1.807, 2.05) is 0 Å². The van der Waals surface area contributed by atoms with Gasteiger partial charge in [0.05, 0.1) is 6.54 Å². The molecule has 0 spiro atoms. The summed E-state index contributed by atoms with van der Waals surface area (Å²) >= 11 is 4.58. The van der Waals surface area contributed by atoms with E-state index in [-0.39, 0.29) is 29.6 Å². The lowest BCUT2D eigenvalue weighted by atomic mass is 9.98. The highest BCUT2D eigenvalue weighted by atomic mass is 32.2. The van der Waals surface area contributed by atoms with Gasteiger partial charge in [-0.05, 0) is 27.2 Å². The van der Waals surface area contributed by atoms with E-state index >= 15 is 0 Å². The molecule has 0 radical (unpaired) electrons. The first-order chi connectivity index (χ1) is 21.3. The molecular weight excluding hydrogens is 669 g/mol. The van der Waals surface area contributed by atoms with Crippen LogP contribution in [0.25, 0.3) is 0 Å². The minimum Gasteiger partial charge on any atom is -0.480 e. The Morgan fingerprint density at radius 2 is 2.09 bits per heavy atom. The van der Waals surface area contributed by atoms with Crippen molar-refractivity contribution >= 4 is 87.3 Å². The zero-order chi connectivity index (χ0) is 32.9. The molecule has 4 heterocycles. The van der Waals surface area contributed by atoms with Gasteiger partial charge < -0.3 is 35.5 Å². The van der Waals surface area contributed by atoms with Gasteiger partial charge in [0.1, 0.15) is 39.1 Å². The molecule has 4 N–H and O–H groups in total. The monoisotopic (exact) mass is 700 g/mol. The average Bonchev–Trinajstić information content (AvgIpc) is 3.66. The third kappa shape index (κ3) is 8.03. The number of thiazole rings is 1. The highest BCUT2D eigenvalue weighted by Crippen LogP contribution is 2.50. The number of nitrogens with zero attached hydrogens (tertiary/aromatic N) is 5. The lowest BCUT2D eigenvalue weighted by molar-refractivity contribution is -0.152. The minimum absolute atomic E-state index is 0.0336. The molecule has 244 valence electrons. The molecule has 0 aromatic carbocycles. The number of fused-ring (bicyclic) bond motifs is 1. The van der Waals surface area contributed by atoms with Crippen molar-refractivity contribution in [2.24, 2.45) is 5.16 Å². The lowest BCUT2D eigenvalue weighted by Gasteiger charge is -2.55. The number of aliphatic carboxylic acids is 1. The first-order valence-corrected chi connectivity index (χ1v) is 17.1. The summed E-state index contributed by atoms with van der Waals surface area (Å²) in [5.41, 5.74) is 0.644. The summed E-state index contributed by atoms with van der Waals surface area (Å²) in [6.45, 7) is 8.71. The number of rotatable bonds is 13. The van der Waals surface area contributed by atoms with Gasteiger partial charge in [-0.15, -0.1) is 33.3 Å². The molecule has 4 amide bonds. The molecule has 2 aromatic rings. The zero-order valence-electron chi connectivity index (χ0n) is 24.8. The Hall–Kier alpha value is -3.49. The number of amides is 4. The van der Waals surface area contributed by atoms with Gasteiger partial charge in [-0.1, -0.05) is 42.1 Å². The van der Waals surface area contributed by atoms with E-state index in [0.717, 1.165) is 23.1 Å². The van der Waals surface area contributed by atoms with Crippen LogP contribution in [0.2, 0.25) is 0 Å².